The molecule has 0 aliphatic carbocycles. The van der Waals surface area contributed by atoms with Gasteiger partial charge in [0.2, 0.25) is 5.91 Å². The van der Waals surface area contributed by atoms with E-state index in [0.29, 0.717) is 34.0 Å². The number of carbonyl (C=O) groups excluding carboxylic acids is 1. The van der Waals surface area contributed by atoms with Gasteiger partial charge in [-0.1, -0.05) is 57.0 Å². The second-order valence-electron chi connectivity index (χ2n) is 8.79. The van der Waals surface area contributed by atoms with Crippen molar-refractivity contribution >= 4 is 29.1 Å². The number of carbonyl (C=O) groups is 1. The lowest BCUT2D eigenvalue weighted by molar-refractivity contribution is -0.132. The van der Waals surface area contributed by atoms with E-state index in [-0.39, 0.29) is 30.0 Å². The second-order valence-corrected chi connectivity index (χ2v) is 9.61. The van der Waals surface area contributed by atoms with Gasteiger partial charge in [-0.2, -0.15) is 9.97 Å². The fourth-order valence-electron chi connectivity index (χ4n) is 3.78. The third-order valence-electron chi connectivity index (χ3n) is 6.32. The quantitative estimate of drug-likeness (QED) is 0.327. The standard InChI is InChI=1S/C26H29Cl2FN4O2/c1-5-26(6-2,14-29)24(34)30-13-16-7-9-21(28)19(11-16)23-31-22(32-25(35)33-23)17-8-10-20(27)18(12-17)15(3)4/h7-12,15H,5-6,13-14H2,1-4H3,(H,30,34)(H,31,32,33,35). The maximum absolute atomic E-state index is 13.6. The molecule has 1 aromatic heterocycles. The molecule has 2 aromatic carbocycles. The molecule has 35 heavy (non-hydrogen) atoms. The Hall–Kier alpha value is -2.77. The maximum atomic E-state index is 13.6. The second kappa shape index (κ2) is 11.3. The lowest BCUT2D eigenvalue weighted by Gasteiger charge is -2.26. The molecule has 3 aromatic rings. The first kappa shape index (κ1) is 26.8. The van der Waals surface area contributed by atoms with Gasteiger partial charge in [0.05, 0.1) is 10.4 Å². The number of nitrogens with zero attached hydrogens (tertiary/aromatic N) is 3. The topological polar surface area (TPSA) is 88.0 Å². The zero-order valence-electron chi connectivity index (χ0n) is 20.2. The van der Waals surface area contributed by atoms with Gasteiger partial charge < -0.3 is 10.4 Å². The van der Waals surface area contributed by atoms with Crippen molar-refractivity contribution in [2.75, 3.05) is 6.67 Å². The van der Waals surface area contributed by atoms with E-state index in [1.807, 2.05) is 19.9 Å². The first-order valence-electron chi connectivity index (χ1n) is 11.5. The first-order chi connectivity index (χ1) is 16.6. The minimum absolute atomic E-state index is 0.184. The van der Waals surface area contributed by atoms with Crippen LogP contribution in [0, 0.1) is 5.41 Å². The van der Waals surface area contributed by atoms with Crippen molar-refractivity contribution in [2.45, 2.75) is 53.0 Å². The molecular weight excluding hydrogens is 490 g/mol. The van der Waals surface area contributed by atoms with Crippen molar-refractivity contribution in [3.05, 3.63) is 57.6 Å². The Bertz CT molecular complexity index is 1210. The summed E-state index contributed by atoms with van der Waals surface area (Å²) in [6.07, 6.45) is 0.821. The van der Waals surface area contributed by atoms with Gasteiger partial charge in [0.1, 0.15) is 6.67 Å². The minimum Gasteiger partial charge on any atom is -0.479 e. The molecule has 9 heteroatoms. The number of benzene rings is 2. The Morgan fingerprint density at radius 3 is 2.31 bits per heavy atom. The van der Waals surface area contributed by atoms with Crippen LogP contribution in [-0.2, 0) is 11.3 Å². The van der Waals surface area contributed by atoms with Gasteiger partial charge in [-0.15, -0.1) is 0 Å². The minimum atomic E-state index is -1.03. The number of alkyl halides is 1. The highest BCUT2D eigenvalue weighted by Crippen LogP contribution is 2.32. The number of aromatic nitrogens is 3. The summed E-state index contributed by atoms with van der Waals surface area (Å²) in [5.41, 5.74) is 1.78. The zero-order valence-corrected chi connectivity index (χ0v) is 21.7. The zero-order chi connectivity index (χ0) is 25.8. The van der Waals surface area contributed by atoms with Gasteiger partial charge in [0.15, 0.2) is 11.6 Å². The van der Waals surface area contributed by atoms with Crippen molar-refractivity contribution in [3.63, 3.8) is 0 Å². The van der Waals surface area contributed by atoms with Crippen LogP contribution in [0.3, 0.4) is 0 Å². The summed E-state index contributed by atoms with van der Waals surface area (Å²) < 4.78 is 13.6. The summed E-state index contributed by atoms with van der Waals surface area (Å²) in [4.78, 5) is 25.3. The number of hydrogen-bond acceptors (Lipinski definition) is 5. The normalized spacial score (nSPS) is 11.7. The van der Waals surface area contributed by atoms with E-state index in [4.69, 9.17) is 23.2 Å². The molecule has 0 atom stereocenters. The molecule has 0 aliphatic rings. The van der Waals surface area contributed by atoms with Crippen LogP contribution in [0.2, 0.25) is 10.0 Å². The molecule has 0 radical (unpaired) electrons. The Kier molecular flexibility index (Phi) is 8.67. The first-order valence-corrected chi connectivity index (χ1v) is 12.3. The van der Waals surface area contributed by atoms with Crippen LogP contribution in [0.4, 0.5) is 4.39 Å². The molecule has 1 amide bonds. The molecule has 1 heterocycles. The fraction of sp³-hybridized carbons (Fsp3) is 0.385. The van der Waals surface area contributed by atoms with Crippen molar-refractivity contribution in [2.24, 2.45) is 5.41 Å². The molecule has 0 bridgehead atoms. The number of nitrogens with one attached hydrogen (secondary N) is 1. The molecule has 6 nitrogen and oxygen atoms in total. The molecule has 2 N–H and O–H groups in total. The number of rotatable bonds is 9. The van der Waals surface area contributed by atoms with Gasteiger partial charge in [-0.25, -0.2) is 9.37 Å². The fourth-order valence-corrected chi connectivity index (χ4v) is 4.32. The van der Waals surface area contributed by atoms with Crippen LogP contribution in [0.15, 0.2) is 36.4 Å². The van der Waals surface area contributed by atoms with Crippen LogP contribution in [0.1, 0.15) is 57.6 Å². The number of halogens is 3. The monoisotopic (exact) mass is 518 g/mol. The largest absolute Gasteiger partial charge is 0.479 e. The van der Waals surface area contributed by atoms with Crippen molar-refractivity contribution < 1.29 is 14.3 Å². The molecule has 186 valence electrons. The van der Waals surface area contributed by atoms with E-state index in [1.54, 1.807) is 44.2 Å². The van der Waals surface area contributed by atoms with Crippen LogP contribution >= 0.6 is 23.2 Å². The summed E-state index contributed by atoms with van der Waals surface area (Å²) in [6, 6.07) is 10.2. The highest BCUT2D eigenvalue weighted by Gasteiger charge is 2.34. The summed E-state index contributed by atoms with van der Waals surface area (Å²) in [5.74, 6) is 0.326. The molecule has 0 saturated carbocycles. The Labute approximate surface area is 214 Å². The van der Waals surface area contributed by atoms with Gasteiger partial charge in [0.25, 0.3) is 0 Å². The smallest absolute Gasteiger partial charge is 0.318 e. The average Bonchev–Trinajstić information content (AvgIpc) is 2.84. The molecule has 0 unspecified atom stereocenters. The summed E-state index contributed by atoms with van der Waals surface area (Å²) >= 11 is 12.7. The van der Waals surface area contributed by atoms with Crippen LogP contribution in [-0.4, -0.2) is 32.6 Å². The predicted molar refractivity (Wildman–Crippen MR) is 137 cm³/mol. The van der Waals surface area contributed by atoms with E-state index in [2.05, 4.69) is 20.3 Å². The van der Waals surface area contributed by atoms with E-state index in [1.165, 1.54) is 0 Å². The highest BCUT2D eigenvalue weighted by molar-refractivity contribution is 6.33. The SMILES string of the molecule is CCC(CC)(CF)C(=O)NCc1ccc(Cl)c(-c2nc(O)nc(-c3ccc(Cl)c(C(C)C)c3)n2)c1. The molecule has 0 aliphatic heterocycles. The lowest BCUT2D eigenvalue weighted by atomic mass is 9.83. The van der Waals surface area contributed by atoms with E-state index >= 15 is 0 Å². The average molecular weight is 519 g/mol. The molecule has 0 fully saturated rings. The van der Waals surface area contributed by atoms with Crippen molar-refractivity contribution in [1.29, 1.82) is 0 Å². The molecular formula is C26H29Cl2FN4O2. The molecule has 0 saturated heterocycles. The summed E-state index contributed by atoms with van der Waals surface area (Å²) in [7, 11) is 0. The number of aromatic hydroxyl groups is 1. The Morgan fingerprint density at radius 2 is 1.69 bits per heavy atom. The predicted octanol–water partition coefficient (Wildman–Crippen LogP) is 6.73. The van der Waals surface area contributed by atoms with Gasteiger partial charge in [0, 0.05) is 22.7 Å². The van der Waals surface area contributed by atoms with Gasteiger partial charge in [-0.3, -0.25) is 4.79 Å². The van der Waals surface area contributed by atoms with Crippen LogP contribution in [0.25, 0.3) is 22.8 Å². The molecule has 3 rings (SSSR count). The summed E-state index contributed by atoms with van der Waals surface area (Å²) in [5, 5.41) is 14.1. The van der Waals surface area contributed by atoms with Crippen LogP contribution in [0.5, 0.6) is 6.01 Å². The van der Waals surface area contributed by atoms with E-state index < -0.39 is 18.1 Å². The maximum Gasteiger partial charge on any atom is 0.318 e. The number of hydrogen-bond donors (Lipinski definition) is 2. The summed E-state index contributed by atoms with van der Waals surface area (Å²) in [6.45, 7) is 7.14. The lowest BCUT2D eigenvalue weighted by Crippen LogP contribution is -2.41. The number of amides is 1. The van der Waals surface area contributed by atoms with Crippen molar-refractivity contribution in [1.82, 2.24) is 20.3 Å². The molecule has 0 spiro atoms. The van der Waals surface area contributed by atoms with E-state index in [9.17, 15) is 14.3 Å². The highest BCUT2D eigenvalue weighted by atomic mass is 35.5. The van der Waals surface area contributed by atoms with Gasteiger partial charge in [-0.05, 0) is 60.2 Å². The van der Waals surface area contributed by atoms with Crippen LogP contribution < -0.4 is 5.32 Å². The van der Waals surface area contributed by atoms with Gasteiger partial charge >= 0.3 is 6.01 Å². The third kappa shape index (κ3) is 5.90. The van der Waals surface area contributed by atoms with Crippen molar-refractivity contribution in [3.8, 4) is 28.8 Å². The van der Waals surface area contributed by atoms with E-state index in [0.717, 1.165) is 11.1 Å². The third-order valence-corrected chi connectivity index (χ3v) is 6.99. The Morgan fingerprint density at radius 1 is 1.03 bits per heavy atom. The Balaban J connectivity index is 1.94.